The van der Waals surface area contributed by atoms with Crippen molar-refractivity contribution in [3.8, 4) is 0 Å². The van der Waals surface area contributed by atoms with Gasteiger partial charge in [-0.1, -0.05) is 478 Å². The van der Waals surface area contributed by atoms with Crippen LogP contribution in [-0.2, 0) is 0 Å². The average molecular weight is 2570 g/mol. The summed E-state index contributed by atoms with van der Waals surface area (Å²) in [5.41, 5.74) is 0. The summed E-state index contributed by atoms with van der Waals surface area (Å²) < 4.78 is -16.0. The van der Waals surface area contributed by atoms with Gasteiger partial charge in [0.25, 0.3) is 0 Å². The molecule has 0 bridgehead atoms. The Kier molecular flexibility index (Phi) is 25.0. The van der Waals surface area contributed by atoms with Crippen LogP contribution in [0.15, 0.2) is 0 Å². The van der Waals surface area contributed by atoms with Gasteiger partial charge in [-0.2, -0.15) is 0 Å². The van der Waals surface area contributed by atoms with E-state index in [0.717, 1.165) is 0 Å². The van der Waals surface area contributed by atoms with Gasteiger partial charge in [0.2, 0.25) is 0 Å². The summed E-state index contributed by atoms with van der Waals surface area (Å²) in [4.78, 5) is 0. The summed E-state index contributed by atoms with van der Waals surface area (Å²) in [5.74, 6) is 0. The Balaban J connectivity index is 7.77. The molecule has 44 heavy (non-hydrogen) atoms. The highest BCUT2D eigenvalue weighted by atomic mass is 80.0. The van der Waals surface area contributed by atoms with Crippen LogP contribution in [0.2, 0.25) is 0 Å². The summed E-state index contributed by atoms with van der Waals surface area (Å²) in [7, 11) is 0. The van der Waals surface area contributed by atoms with Crippen LogP contribution < -0.4 is 0 Å². The molecule has 0 aromatic carbocycles. The first-order chi connectivity index (χ1) is 18.2. The Bertz CT molecular complexity index is 928. The van der Waals surface area contributed by atoms with E-state index in [1.807, 2.05) is 0 Å². The Labute approximate surface area is 508 Å². The molecule has 0 atom stereocenters. The van der Waals surface area contributed by atoms with Gasteiger partial charge in [0, 0.05) is 0 Å². The maximum atomic E-state index is 3.99. The van der Waals surface area contributed by atoms with Crippen molar-refractivity contribution in [1.82, 2.24) is 0 Å². The van der Waals surface area contributed by atoms with Crippen LogP contribution in [0.1, 0.15) is 0 Å². The van der Waals surface area contributed by atoms with Crippen molar-refractivity contribution < 1.29 is 0 Å². The first-order valence-electron chi connectivity index (χ1n) is 8.92. The molecular formula is C14Br30. The fourth-order valence-electron chi connectivity index (χ4n) is 2.65. The Morgan fingerprint density at radius 1 is 0.136 bits per heavy atom. The molecule has 0 saturated heterocycles. The zero-order chi connectivity index (χ0) is 37.0. The number of hydrogen-bond acceptors (Lipinski definition) is 0. The highest BCUT2D eigenvalue weighted by Crippen LogP contribution is 2.83. The van der Waals surface area contributed by atoms with Crippen molar-refractivity contribution >= 4 is 478 Å². The largest absolute Gasteiger partial charge is 0.155 e. The van der Waals surface area contributed by atoms with Crippen LogP contribution in [0, 0.1) is 0 Å². The standard InChI is InChI=1S/C14Br30/c15-1(11(33,34)35,12(36,37)38)3(17,18)5(21,22)7(25,26)9(29,30)10(31,32)8(27,28)6(23,24)4(19,20)2(16,13(39,40)41)14(42,43)44. The van der Waals surface area contributed by atoms with Crippen LogP contribution in [0.5, 0.6) is 0 Å². The molecule has 0 heterocycles. The lowest BCUT2D eigenvalue weighted by Gasteiger charge is -2.62. The maximum Gasteiger partial charge on any atom is 0.155 e. The molecule has 0 aromatic heterocycles. The summed E-state index contributed by atoms with van der Waals surface area (Å²) >= 11 is 116. The van der Waals surface area contributed by atoms with Gasteiger partial charge in [0.15, 0.2) is 8.57 Å². The molecule has 0 spiro atoms. The fourth-order valence-corrected chi connectivity index (χ4v) is 39.7. The Morgan fingerprint density at radius 2 is 0.227 bits per heavy atom. The van der Waals surface area contributed by atoms with Crippen molar-refractivity contribution in [1.29, 1.82) is 0 Å². The third-order valence-electron chi connectivity index (χ3n) is 5.19. The van der Waals surface area contributed by atoms with Crippen LogP contribution in [0.4, 0.5) is 0 Å². The Hall–Kier alpha value is 14.4. The highest BCUT2D eigenvalue weighted by Gasteiger charge is 2.84. The van der Waals surface area contributed by atoms with E-state index in [9.17, 15) is 0 Å². The molecule has 266 valence electrons. The Morgan fingerprint density at radius 3 is 0.318 bits per heavy atom. The average Bonchev–Trinajstić information content (AvgIpc) is 2.73. The van der Waals surface area contributed by atoms with Crippen molar-refractivity contribution in [3.05, 3.63) is 0 Å². The van der Waals surface area contributed by atoms with E-state index in [1.54, 1.807) is 0 Å². The smallest absolute Gasteiger partial charge is 0.0758 e. The van der Waals surface area contributed by atoms with E-state index in [1.165, 1.54) is 0 Å². The third-order valence-corrected chi connectivity index (χ3v) is 58.3. The van der Waals surface area contributed by atoms with Gasteiger partial charge in [0.05, 0.1) is 0 Å². The molecule has 30 heteroatoms. The molecular weight excluding hydrogens is 2570 g/mol. The van der Waals surface area contributed by atoms with Crippen molar-refractivity contribution in [2.24, 2.45) is 0 Å². The van der Waals surface area contributed by atoms with Gasteiger partial charge in [-0.05, 0) is 0 Å². The van der Waals surface area contributed by atoms with E-state index in [-0.39, 0.29) is 0 Å². The maximum absolute atomic E-state index is 3.99. The van der Waals surface area contributed by atoms with Crippen LogP contribution >= 0.6 is 478 Å². The van der Waals surface area contributed by atoms with E-state index in [2.05, 4.69) is 478 Å². The van der Waals surface area contributed by atoms with Crippen LogP contribution in [0.25, 0.3) is 0 Å². The number of halogens is 30. The van der Waals surface area contributed by atoms with E-state index >= 15 is 0 Å². The van der Waals surface area contributed by atoms with Gasteiger partial charge < -0.3 is 0 Å². The monoisotopic (exact) mass is 2540 g/mol. The minimum atomic E-state index is -1.26. The van der Waals surface area contributed by atoms with Crippen molar-refractivity contribution in [3.63, 3.8) is 0 Å². The summed E-state index contributed by atoms with van der Waals surface area (Å²) in [6.45, 7) is 0. The van der Waals surface area contributed by atoms with E-state index in [0.29, 0.717) is 0 Å². The minimum Gasteiger partial charge on any atom is -0.0758 e. The predicted octanol–water partition coefficient (Wildman–Crippen LogP) is 22.5. The van der Waals surface area contributed by atoms with Crippen LogP contribution in [-0.4, -0.2) is 43.1 Å². The zero-order valence-corrected chi connectivity index (χ0v) is 65.9. The second-order valence-corrected chi connectivity index (χ2v) is 64.9. The second kappa shape index (κ2) is 18.9. The van der Waals surface area contributed by atoms with E-state index < -0.39 is 43.1 Å². The normalized spacial score (nSPS) is 17.3. The van der Waals surface area contributed by atoms with E-state index in [4.69, 9.17) is 0 Å². The number of alkyl halides is 30. The van der Waals surface area contributed by atoms with Gasteiger partial charge >= 0.3 is 0 Å². The molecule has 0 N–H and O–H groups in total. The molecule has 0 aliphatic heterocycles. The molecule has 0 aliphatic rings. The molecule has 0 rings (SSSR count). The first-order valence-corrected chi connectivity index (χ1v) is 32.7. The molecule has 0 amide bonds. The molecule has 0 aromatic rings. The summed E-state index contributed by atoms with van der Waals surface area (Å²) in [5, 5.41) is 0. The zero-order valence-electron chi connectivity index (χ0n) is 18.3. The molecule has 0 nitrogen and oxygen atoms in total. The van der Waals surface area contributed by atoms with Gasteiger partial charge in [-0.3, -0.25) is 0 Å². The van der Waals surface area contributed by atoms with Gasteiger partial charge in [-0.15, -0.1) is 0 Å². The van der Waals surface area contributed by atoms with Gasteiger partial charge in [0.1, 0.15) is 34.5 Å². The third kappa shape index (κ3) is 10.0. The first kappa shape index (κ1) is 58.4. The number of rotatable bonds is 9. The van der Waals surface area contributed by atoms with Crippen molar-refractivity contribution in [2.75, 3.05) is 0 Å². The minimum absolute atomic E-state index is 0.977. The molecule has 0 saturated carbocycles. The molecule has 0 unspecified atom stereocenters. The highest BCUT2D eigenvalue weighted by molar-refractivity contribution is 9.44. The lowest BCUT2D eigenvalue weighted by molar-refractivity contribution is 0.504. The lowest BCUT2D eigenvalue weighted by Crippen LogP contribution is -2.74. The fraction of sp³-hybridized carbons (Fsp3) is 1.00. The molecule has 0 aliphatic carbocycles. The summed E-state index contributed by atoms with van der Waals surface area (Å²) in [6.07, 6.45) is 0. The SMILES string of the molecule is BrC(Br)(Br)C(Br)(C(Br)(Br)Br)C(Br)(Br)C(Br)(Br)C(Br)(Br)C(Br)(Br)C(Br)(Br)C(Br)(Br)C(Br)(Br)C(Br)(Br)C(Br)(C(Br)(Br)Br)C(Br)(Br)Br. The van der Waals surface area contributed by atoms with Crippen LogP contribution in [0.3, 0.4) is 0 Å². The summed E-state index contributed by atoms with van der Waals surface area (Å²) in [6, 6.07) is 0. The quantitative estimate of drug-likeness (QED) is 0.202. The number of hydrogen-bond donors (Lipinski definition) is 0. The topological polar surface area (TPSA) is 0 Å². The van der Waals surface area contributed by atoms with Gasteiger partial charge in [-0.25, -0.2) is 0 Å². The predicted molar refractivity (Wildman–Crippen MR) is 306 cm³/mol. The van der Waals surface area contributed by atoms with Crippen molar-refractivity contribution in [2.45, 2.75) is 43.1 Å². The lowest BCUT2D eigenvalue weighted by atomic mass is 9.98. The molecule has 0 fully saturated rings. The molecule has 0 radical (unpaired) electrons. The second-order valence-electron chi connectivity index (χ2n) is 7.90.